The molecule has 0 bridgehead atoms. The molecule has 0 saturated heterocycles. The molecule has 26 heavy (non-hydrogen) atoms. The highest BCUT2D eigenvalue weighted by atomic mass is 32.2. The average molecular weight is 404 g/mol. The number of nitrogens with zero attached hydrogens (tertiary/aromatic N) is 1. The fraction of sp³-hybridized carbons (Fsp3) is 0.250. The number of aliphatic carboxylic acids is 1. The van der Waals surface area contributed by atoms with E-state index in [-0.39, 0.29) is 5.37 Å². The first-order valence-electron chi connectivity index (χ1n) is 8.36. The summed E-state index contributed by atoms with van der Waals surface area (Å²) in [5.41, 5.74) is 0.450. The molecule has 136 valence electrons. The van der Waals surface area contributed by atoms with Gasteiger partial charge < -0.3 is 10.0 Å². The topological polar surface area (TPSA) is 40.5 Å². The summed E-state index contributed by atoms with van der Waals surface area (Å²) in [5.74, 6) is 0.0373. The number of carbonyl (C=O) groups is 1. The minimum atomic E-state index is -0.841. The quantitative estimate of drug-likeness (QED) is 0.604. The van der Waals surface area contributed by atoms with Crippen molar-refractivity contribution in [1.82, 2.24) is 4.90 Å². The number of benzene rings is 1. The largest absolute Gasteiger partial charge is 0.478 e. The number of carboxylic acids is 1. The predicted octanol–water partition coefficient (Wildman–Crippen LogP) is 5.33. The van der Waals surface area contributed by atoms with Crippen LogP contribution in [-0.2, 0) is 11.3 Å². The summed E-state index contributed by atoms with van der Waals surface area (Å²) in [6.45, 7) is 2.92. The lowest BCUT2D eigenvalue weighted by Gasteiger charge is -2.33. The van der Waals surface area contributed by atoms with Gasteiger partial charge in [0, 0.05) is 27.0 Å². The Bertz CT molecular complexity index is 772. The lowest BCUT2D eigenvalue weighted by atomic mass is 10.2. The summed E-state index contributed by atoms with van der Waals surface area (Å²) < 4.78 is 0. The predicted molar refractivity (Wildman–Crippen MR) is 113 cm³/mol. The Morgan fingerprint density at radius 1 is 1.27 bits per heavy atom. The van der Waals surface area contributed by atoms with Crippen molar-refractivity contribution in [3.63, 3.8) is 0 Å². The maximum absolute atomic E-state index is 11.7. The first kappa shape index (κ1) is 19.1. The monoisotopic (exact) mass is 403 g/mol. The second-order valence-electron chi connectivity index (χ2n) is 5.95. The fourth-order valence-corrected chi connectivity index (χ4v) is 5.82. The molecule has 6 heteroatoms. The van der Waals surface area contributed by atoms with Gasteiger partial charge >= 0.3 is 5.97 Å². The molecule has 2 heterocycles. The van der Waals surface area contributed by atoms with Crippen molar-refractivity contribution in [3.05, 3.63) is 76.6 Å². The van der Waals surface area contributed by atoms with Crippen LogP contribution in [0.5, 0.6) is 0 Å². The number of rotatable bonds is 8. The lowest BCUT2D eigenvalue weighted by Crippen LogP contribution is -2.34. The molecule has 0 radical (unpaired) electrons. The Morgan fingerprint density at radius 3 is 2.77 bits per heavy atom. The third kappa shape index (κ3) is 5.19. The minimum Gasteiger partial charge on any atom is -0.478 e. The van der Waals surface area contributed by atoms with E-state index in [0.29, 0.717) is 10.8 Å². The molecule has 2 aromatic rings. The Kier molecular flexibility index (Phi) is 6.88. The summed E-state index contributed by atoms with van der Waals surface area (Å²) in [7, 11) is 0. The van der Waals surface area contributed by atoms with Gasteiger partial charge in [0.2, 0.25) is 0 Å². The first-order valence-corrected chi connectivity index (χ1v) is 11.2. The second-order valence-corrected chi connectivity index (χ2v) is 9.60. The van der Waals surface area contributed by atoms with Crippen LogP contribution in [0.3, 0.4) is 0 Å². The van der Waals surface area contributed by atoms with Gasteiger partial charge in [0.25, 0.3) is 0 Å². The first-order chi connectivity index (χ1) is 12.6. The van der Waals surface area contributed by atoms with Gasteiger partial charge in [-0.05, 0) is 35.7 Å². The zero-order valence-corrected chi connectivity index (χ0v) is 16.9. The molecule has 1 aromatic carbocycles. The molecule has 0 aliphatic carbocycles. The minimum absolute atomic E-state index is 0.168. The van der Waals surface area contributed by atoms with E-state index < -0.39 is 5.97 Å². The van der Waals surface area contributed by atoms with Crippen LogP contribution in [0.2, 0.25) is 0 Å². The number of thiophene rings is 1. The summed E-state index contributed by atoms with van der Waals surface area (Å²) >= 11 is 5.23. The summed E-state index contributed by atoms with van der Waals surface area (Å²) in [4.78, 5) is 16.3. The molecular weight excluding hydrogens is 382 g/mol. The molecular formula is C20H21NO2S3. The Labute approximate surface area is 166 Å². The van der Waals surface area contributed by atoms with Gasteiger partial charge in [-0.1, -0.05) is 31.2 Å². The van der Waals surface area contributed by atoms with E-state index in [1.807, 2.05) is 48.3 Å². The Balaban J connectivity index is 1.65. The normalized spacial score (nSPS) is 17.8. The molecule has 0 fully saturated rings. The SMILES string of the molecule is CC(CSC1C(C(=O)O)=CC=CN1Cc1cccs1)Sc1ccccc1. The molecule has 3 rings (SSSR count). The van der Waals surface area contributed by atoms with E-state index >= 15 is 0 Å². The second kappa shape index (κ2) is 9.35. The highest BCUT2D eigenvalue weighted by Crippen LogP contribution is 2.33. The van der Waals surface area contributed by atoms with E-state index in [9.17, 15) is 9.90 Å². The van der Waals surface area contributed by atoms with Crippen LogP contribution >= 0.6 is 34.9 Å². The van der Waals surface area contributed by atoms with Gasteiger partial charge in [-0.25, -0.2) is 4.79 Å². The summed E-state index contributed by atoms with van der Waals surface area (Å²) in [6, 6.07) is 14.4. The van der Waals surface area contributed by atoms with Crippen molar-refractivity contribution in [1.29, 1.82) is 0 Å². The average Bonchev–Trinajstić information content (AvgIpc) is 3.14. The van der Waals surface area contributed by atoms with Crippen LogP contribution in [0.4, 0.5) is 0 Å². The van der Waals surface area contributed by atoms with Gasteiger partial charge in [0.1, 0.15) is 5.37 Å². The molecule has 3 nitrogen and oxygen atoms in total. The van der Waals surface area contributed by atoms with Crippen LogP contribution in [0.25, 0.3) is 0 Å². The summed E-state index contributed by atoms with van der Waals surface area (Å²) in [6.07, 6.45) is 5.55. The Hall–Kier alpha value is -1.63. The van der Waals surface area contributed by atoms with Crippen molar-refractivity contribution in [3.8, 4) is 0 Å². The van der Waals surface area contributed by atoms with Crippen molar-refractivity contribution < 1.29 is 9.90 Å². The molecule has 0 amide bonds. The van der Waals surface area contributed by atoms with Crippen LogP contribution in [0, 0.1) is 0 Å². The zero-order valence-electron chi connectivity index (χ0n) is 14.4. The number of allylic oxidation sites excluding steroid dienone is 2. The van der Waals surface area contributed by atoms with Gasteiger partial charge in [-0.3, -0.25) is 0 Å². The van der Waals surface area contributed by atoms with Gasteiger partial charge in [0.15, 0.2) is 0 Å². The van der Waals surface area contributed by atoms with Crippen molar-refractivity contribution in [2.45, 2.75) is 29.0 Å². The van der Waals surface area contributed by atoms with E-state index in [0.717, 1.165) is 12.3 Å². The molecule has 1 aromatic heterocycles. The fourth-order valence-electron chi connectivity index (χ4n) is 2.67. The molecule has 1 N–H and O–H groups in total. The maximum Gasteiger partial charge on any atom is 0.334 e. The molecule has 0 saturated carbocycles. The highest BCUT2D eigenvalue weighted by molar-refractivity contribution is 8.03. The molecule has 2 unspecified atom stereocenters. The highest BCUT2D eigenvalue weighted by Gasteiger charge is 2.28. The molecule has 1 aliphatic heterocycles. The molecule has 0 spiro atoms. The Morgan fingerprint density at radius 2 is 2.08 bits per heavy atom. The summed E-state index contributed by atoms with van der Waals surface area (Å²) in [5, 5.41) is 11.9. The van der Waals surface area contributed by atoms with Gasteiger partial charge in [-0.15, -0.1) is 34.9 Å². The van der Waals surface area contributed by atoms with Crippen LogP contribution in [0.15, 0.2) is 76.7 Å². The third-order valence-corrected chi connectivity index (χ3v) is 7.57. The maximum atomic E-state index is 11.7. The lowest BCUT2D eigenvalue weighted by molar-refractivity contribution is -0.133. The van der Waals surface area contributed by atoms with Gasteiger partial charge in [-0.2, -0.15) is 0 Å². The standard InChI is InChI=1S/C20H21NO2S3/c1-15(26-16-7-3-2-4-8-16)14-25-19-18(20(22)23)10-5-11-21(19)13-17-9-6-12-24-17/h2-12,15,19H,13-14H2,1H3,(H,22,23). The van der Waals surface area contributed by atoms with Crippen molar-refractivity contribution >= 4 is 40.8 Å². The number of hydrogen-bond acceptors (Lipinski definition) is 5. The van der Waals surface area contributed by atoms with Crippen molar-refractivity contribution in [2.24, 2.45) is 0 Å². The number of carboxylic acid groups (broad SMARTS) is 1. The third-order valence-electron chi connectivity index (χ3n) is 3.86. The zero-order chi connectivity index (χ0) is 18.4. The number of thioether (sulfide) groups is 2. The van der Waals surface area contributed by atoms with Gasteiger partial charge in [0.05, 0.1) is 12.1 Å². The van der Waals surface area contributed by atoms with E-state index in [2.05, 4.69) is 35.4 Å². The van der Waals surface area contributed by atoms with E-state index in [4.69, 9.17) is 0 Å². The van der Waals surface area contributed by atoms with Crippen LogP contribution in [0.1, 0.15) is 11.8 Å². The smallest absolute Gasteiger partial charge is 0.334 e. The van der Waals surface area contributed by atoms with Crippen molar-refractivity contribution in [2.75, 3.05) is 5.75 Å². The molecule has 2 atom stereocenters. The van der Waals surface area contributed by atoms with E-state index in [1.165, 1.54) is 9.77 Å². The van der Waals surface area contributed by atoms with E-state index in [1.54, 1.807) is 29.2 Å². The van der Waals surface area contributed by atoms with Crippen LogP contribution in [-0.4, -0.2) is 32.4 Å². The number of hydrogen-bond donors (Lipinski definition) is 1. The van der Waals surface area contributed by atoms with Crippen LogP contribution < -0.4 is 0 Å². The molecule has 1 aliphatic rings.